The van der Waals surface area contributed by atoms with Crippen LogP contribution in [0, 0.1) is 5.92 Å². The Morgan fingerprint density at radius 1 is 1.35 bits per heavy atom. The van der Waals surface area contributed by atoms with Crippen LogP contribution in [0.2, 0.25) is 0 Å². The molecule has 92 valence electrons. The SMILES string of the molecule is C=C(CNC(C(N)=O)C(C)C)c1ccccc1. The number of rotatable bonds is 6. The highest BCUT2D eigenvalue weighted by molar-refractivity contribution is 5.80. The van der Waals surface area contributed by atoms with Gasteiger partial charge in [0.15, 0.2) is 0 Å². The van der Waals surface area contributed by atoms with Gasteiger partial charge in [-0.3, -0.25) is 4.79 Å². The molecule has 3 heteroatoms. The highest BCUT2D eigenvalue weighted by atomic mass is 16.1. The molecule has 0 spiro atoms. The molecule has 0 bridgehead atoms. The van der Waals surface area contributed by atoms with Gasteiger partial charge in [0.1, 0.15) is 0 Å². The summed E-state index contributed by atoms with van der Waals surface area (Å²) in [6.45, 7) is 8.50. The van der Waals surface area contributed by atoms with E-state index >= 15 is 0 Å². The van der Waals surface area contributed by atoms with Crippen molar-refractivity contribution in [3.05, 3.63) is 42.5 Å². The molecule has 0 saturated carbocycles. The number of nitrogens with two attached hydrogens (primary N) is 1. The van der Waals surface area contributed by atoms with Crippen LogP contribution in [0.4, 0.5) is 0 Å². The van der Waals surface area contributed by atoms with Gasteiger partial charge in [0.2, 0.25) is 5.91 Å². The molecule has 1 aromatic carbocycles. The second kappa shape index (κ2) is 6.21. The first-order chi connectivity index (χ1) is 8.02. The molecule has 0 heterocycles. The van der Waals surface area contributed by atoms with Crippen molar-refractivity contribution in [1.82, 2.24) is 5.32 Å². The third-order valence-corrected chi connectivity index (χ3v) is 2.69. The number of amides is 1. The van der Waals surface area contributed by atoms with Crippen LogP contribution in [-0.2, 0) is 4.79 Å². The molecule has 3 N–H and O–H groups in total. The van der Waals surface area contributed by atoms with Crippen molar-refractivity contribution in [3.8, 4) is 0 Å². The fourth-order valence-corrected chi connectivity index (χ4v) is 1.67. The molecule has 3 nitrogen and oxygen atoms in total. The lowest BCUT2D eigenvalue weighted by Crippen LogP contribution is -2.45. The van der Waals surface area contributed by atoms with Gasteiger partial charge in [-0.15, -0.1) is 0 Å². The first kappa shape index (κ1) is 13.5. The molecular weight excluding hydrogens is 212 g/mol. The minimum absolute atomic E-state index is 0.177. The molecule has 1 aromatic rings. The van der Waals surface area contributed by atoms with Crippen LogP contribution >= 0.6 is 0 Å². The van der Waals surface area contributed by atoms with E-state index in [0.29, 0.717) is 6.54 Å². The Kier molecular flexibility index (Phi) is 4.91. The molecule has 0 aliphatic heterocycles. The third kappa shape index (κ3) is 4.04. The van der Waals surface area contributed by atoms with Crippen LogP contribution in [0.25, 0.3) is 5.57 Å². The van der Waals surface area contributed by atoms with Gasteiger partial charge in [0.05, 0.1) is 6.04 Å². The molecule has 0 saturated heterocycles. The molecule has 17 heavy (non-hydrogen) atoms. The summed E-state index contributed by atoms with van der Waals surface area (Å²) < 4.78 is 0. The standard InChI is InChI=1S/C14H20N2O/c1-10(2)13(14(15)17)16-9-11(3)12-7-5-4-6-8-12/h4-8,10,13,16H,3,9H2,1-2H3,(H2,15,17). The number of benzene rings is 1. The van der Waals surface area contributed by atoms with E-state index in [-0.39, 0.29) is 17.9 Å². The molecule has 0 aromatic heterocycles. The van der Waals surface area contributed by atoms with Gasteiger partial charge in [-0.25, -0.2) is 0 Å². The van der Waals surface area contributed by atoms with Crippen LogP contribution in [0.1, 0.15) is 19.4 Å². The lowest BCUT2D eigenvalue weighted by atomic mass is 10.0. The van der Waals surface area contributed by atoms with Gasteiger partial charge in [-0.1, -0.05) is 50.8 Å². The number of nitrogens with one attached hydrogen (secondary N) is 1. The topological polar surface area (TPSA) is 55.1 Å². The number of hydrogen-bond donors (Lipinski definition) is 2. The predicted octanol–water partition coefficient (Wildman–Crippen LogP) is 1.80. The van der Waals surface area contributed by atoms with Gasteiger partial charge < -0.3 is 11.1 Å². The first-order valence-electron chi connectivity index (χ1n) is 5.78. The Labute approximate surface area is 103 Å². The second-order valence-electron chi connectivity index (χ2n) is 4.47. The number of primary amides is 1. The van der Waals surface area contributed by atoms with Gasteiger partial charge >= 0.3 is 0 Å². The van der Waals surface area contributed by atoms with Crippen LogP contribution in [0.3, 0.4) is 0 Å². The maximum atomic E-state index is 11.2. The van der Waals surface area contributed by atoms with Crippen molar-refractivity contribution >= 4 is 11.5 Å². The Bertz CT molecular complexity index is 384. The summed E-state index contributed by atoms with van der Waals surface area (Å²) in [4.78, 5) is 11.2. The lowest BCUT2D eigenvalue weighted by Gasteiger charge is -2.19. The minimum atomic E-state index is -0.319. The fourth-order valence-electron chi connectivity index (χ4n) is 1.67. The van der Waals surface area contributed by atoms with Crippen molar-refractivity contribution in [3.63, 3.8) is 0 Å². The zero-order chi connectivity index (χ0) is 12.8. The van der Waals surface area contributed by atoms with Gasteiger partial charge in [-0.05, 0) is 17.1 Å². The minimum Gasteiger partial charge on any atom is -0.368 e. The third-order valence-electron chi connectivity index (χ3n) is 2.69. The van der Waals surface area contributed by atoms with Crippen molar-refractivity contribution in [2.24, 2.45) is 11.7 Å². The van der Waals surface area contributed by atoms with E-state index in [1.165, 1.54) is 0 Å². The summed E-state index contributed by atoms with van der Waals surface area (Å²) in [6, 6.07) is 9.58. The maximum Gasteiger partial charge on any atom is 0.234 e. The molecule has 1 amide bonds. The highest BCUT2D eigenvalue weighted by Crippen LogP contribution is 2.11. The van der Waals surface area contributed by atoms with Gasteiger partial charge in [0.25, 0.3) is 0 Å². The molecule has 0 radical (unpaired) electrons. The highest BCUT2D eigenvalue weighted by Gasteiger charge is 2.18. The second-order valence-corrected chi connectivity index (χ2v) is 4.47. The molecule has 0 aliphatic carbocycles. The van der Waals surface area contributed by atoms with Crippen LogP contribution < -0.4 is 11.1 Å². The molecule has 0 fully saturated rings. The predicted molar refractivity (Wildman–Crippen MR) is 71.3 cm³/mol. The Balaban J connectivity index is 2.56. The molecular formula is C14H20N2O. The van der Waals surface area contributed by atoms with E-state index in [4.69, 9.17) is 5.73 Å². The average Bonchev–Trinajstić information content (AvgIpc) is 2.29. The smallest absolute Gasteiger partial charge is 0.234 e. The van der Waals surface area contributed by atoms with Crippen molar-refractivity contribution in [2.75, 3.05) is 6.54 Å². The van der Waals surface area contributed by atoms with E-state index in [9.17, 15) is 4.79 Å². The Morgan fingerprint density at radius 3 is 2.41 bits per heavy atom. The maximum absolute atomic E-state index is 11.2. The average molecular weight is 232 g/mol. The van der Waals surface area contributed by atoms with E-state index < -0.39 is 0 Å². The summed E-state index contributed by atoms with van der Waals surface area (Å²) in [5.41, 5.74) is 7.36. The summed E-state index contributed by atoms with van der Waals surface area (Å²) >= 11 is 0. The van der Waals surface area contributed by atoms with E-state index in [1.807, 2.05) is 44.2 Å². The normalized spacial score (nSPS) is 12.4. The summed E-state index contributed by atoms with van der Waals surface area (Å²) in [5, 5.41) is 3.14. The van der Waals surface area contributed by atoms with E-state index in [2.05, 4.69) is 11.9 Å². The zero-order valence-corrected chi connectivity index (χ0v) is 10.4. The van der Waals surface area contributed by atoms with Crippen molar-refractivity contribution < 1.29 is 4.79 Å². The van der Waals surface area contributed by atoms with E-state index in [0.717, 1.165) is 11.1 Å². The molecule has 1 rings (SSSR count). The van der Waals surface area contributed by atoms with Crippen LogP contribution in [0.15, 0.2) is 36.9 Å². The number of carbonyl (C=O) groups is 1. The largest absolute Gasteiger partial charge is 0.368 e. The molecule has 1 unspecified atom stereocenters. The Hall–Kier alpha value is -1.61. The summed E-state index contributed by atoms with van der Waals surface area (Å²) in [6.07, 6.45) is 0. The number of carbonyl (C=O) groups excluding carboxylic acids is 1. The zero-order valence-electron chi connectivity index (χ0n) is 10.4. The molecule has 0 aliphatic rings. The first-order valence-corrected chi connectivity index (χ1v) is 5.78. The van der Waals surface area contributed by atoms with Gasteiger partial charge in [-0.2, -0.15) is 0 Å². The molecule has 1 atom stereocenters. The lowest BCUT2D eigenvalue weighted by molar-refractivity contribution is -0.120. The van der Waals surface area contributed by atoms with Gasteiger partial charge in [0, 0.05) is 6.54 Å². The number of hydrogen-bond acceptors (Lipinski definition) is 2. The van der Waals surface area contributed by atoms with Crippen LogP contribution in [-0.4, -0.2) is 18.5 Å². The van der Waals surface area contributed by atoms with E-state index in [1.54, 1.807) is 0 Å². The summed E-state index contributed by atoms with van der Waals surface area (Å²) in [5.74, 6) is -0.142. The quantitative estimate of drug-likeness (QED) is 0.785. The van der Waals surface area contributed by atoms with Crippen molar-refractivity contribution in [1.29, 1.82) is 0 Å². The van der Waals surface area contributed by atoms with Crippen LogP contribution in [0.5, 0.6) is 0 Å². The summed E-state index contributed by atoms with van der Waals surface area (Å²) in [7, 11) is 0. The monoisotopic (exact) mass is 232 g/mol. The fraction of sp³-hybridized carbons (Fsp3) is 0.357. The van der Waals surface area contributed by atoms with Crippen molar-refractivity contribution in [2.45, 2.75) is 19.9 Å². The Morgan fingerprint density at radius 2 is 1.94 bits per heavy atom.